The summed E-state index contributed by atoms with van der Waals surface area (Å²) in [4.78, 5) is 1.26. The molecule has 1 N–H and O–H groups in total. The molecular weight excluding hydrogens is 214 g/mol. The Bertz CT molecular complexity index is 358. The molecule has 0 bridgehead atoms. The number of hydrogen-bond acceptors (Lipinski definition) is 2. The highest BCUT2D eigenvalue weighted by Crippen LogP contribution is 2.12. The van der Waals surface area contributed by atoms with E-state index >= 15 is 0 Å². The van der Waals surface area contributed by atoms with Crippen molar-refractivity contribution in [3.63, 3.8) is 0 Å². The van der Waals surface area contributed by atoms with E-state index in [9.17, 15) is 0 Å². The lowest BCUT2D eigenvalue weighted by Crippen LogP contribution is -2.07. The van der Waals surface area contributed by atoms with Crippen LogP contribution in [-0.4, -0.2) is 6.54 Å². The van der Waals surface area contributed by atoms with Gasteiger partial charge in [-0.05, 0) is 36.1 Å². The van der Waals surface area contributed by atoms with Crippen molar-refractivity contribution in [1.82, 2.24) is 4.72 Å². The molecule has 0 radical (unpaired) electrons. The Kier molecular flexibility index (Phi) is 4.47. The number of benzene rings is 2. The fourth-order valence-corrected chi connectivity index (χ4v) is 2.13. The third kappa shape index (κ3) is 3.72. The highest BCUT2D eigenvalue weighted by atomic mass is 32.2. The normalized spacial score (nSPS) is 10.2. The molecule has 0 fully saturated rings. The molecule has 0 aliphatic heterocycles. The Labute approximate surface area is 101 Å². The van der Waals surface area contributed by atoms with Crippen molar-refractivity contribution in [2.75, 3.05) is 6.54 Å². The summed E-state index contributed by atoms with van der Waals surface area (Å²) in [5, 5.41) is 0. The maximum absolute atomic E-state index is 3.37. The van der Waals surface area contributed by atoms with Gasteiger partial charge in [0.2, 0.25) is 0 Å². The molecule has 0 aliphatic rings. The first-order chi connectivity index (χ1) is 7.95. The summed E-state index contributed by atoms with van der Waals surface area (Å²) in [6, 6.07) is 20.9. The number of hydrogen-bond donors (Lipinski definition) is 1. The van der Waals surface area contributed by atoms with Crippen molar-refractivity contribution in [2.45, 2.75) is 11.3 Å². The molecule has 0 atom stereocenters. The van der Waals surface area contributed by atoms with E-state index in [4.69, 9.17) is 0 Å². The number of nitrogens with one attached hydrogen (secondary N) is 1. The van der Waals surface area contributed by atoms with Crippen LogP contribution in [0.1, 0.15) is 5.56 Å². The van der Waals surface area contributed by atoms with E-state index in [1.807, 2.05) is 6.07 Å². The molecule has 16 heavy (non-hydrogen) atoms. The Morgan fingerprint density at radius 3 is 2.12 bits per heavy atom. The molecule has 0 aromatic heterocycles. The smallest absolute Gasteiger partial charge is 0.0228 e. The summed E-state index contributed by atoms with van der Waals surface area (Å²) >= 11 is 1.69. The summed E-state index contributed by atoms with van der Waals surface area (Å²) in [5.41, 5.74) is 1.38. The molecule has 2 heteroatoms. The minimum atomic E-state index is 0.990. The van der Waals surface area contributed by atoms with Gasteiger partial charge in [-0.25, -0.2) is 0 Å². The zero-order valence-electron chi connectivity index (χ0n) is 9.10. The van der Waals surface area contributed by atoms with Crippen LogP contribution in [-0.2, 0) is 6.42 Å². The predicted octanol–water partition coefficient (Wildman–Crippen LogP) is 3.53. The quantitative estimate of drug-likeness (QED) is 0.622. The number of rotatable bonds is 5. The first-order valence-electron chi connectivity index (χ1n) is 5.44. The highest BCUT2D eigenvalue weighted by molar-refractivity contribution is 7.97. The van der Waals surface area contributed by atoms with E-state index in [2.05, 4.69) is 59.3 Å². The summed E-state index contributed by atoms with van der Waals surface area (Å²) in [6.45, 7) is 0.990. The second kappa shape index (κ2) is 6.36. The first-order valence-corrected chi connectivity index (χ1v) is 6.25. The molecule has 2 rings (SSSR count). The molecule has 0 saturated carbocycles. The summed E-state index contributed by atoms with van der Waals surface area (Å²) < 4.78 is 3.37. The zero-order valence-corrected chi connectivity index (χ0v) is 9.91. The molecule has 0 spiro atoms. The molecule has 0 unspecified atom stereocenters. The van der Waals surface area contributed by atoms with Crippen molar-refractivity contribution in [3.8, 4) is 0 Å². The van der Waals surface area contributed by atoms with Crippen molar-refractivity contribution >= 4 is 11.9 Å². The summed E-state index contributed by atoms with van der Waals surface area (Å²) in [7, 11) is 0. The van der Waals surface area contributed by atoms with Gasteiger partial charge >= 0.3 is 0 Å². The maximum atomic E-state index is 3.37. The average Bonchev–Trinajstić information content (AvgIpc) is 2.37. The highest BCUT2D eigenvalue weighted by Gasteiger charge is 1.93. The topological polar surface area (TPSA) is 12.0 Å². The van der Waals surface area contributed by atoms with Crippen molar-refractivity contribution in [1.29, 1.82) is 0 Å². The van der Waals surface area contributed by atoms with Gasteiger partial charge in [0.15, 0.2) is 0 Å². The van der Waals surface area contributed by atoms with E-state index in [-0.39, 0.29) is 0 Å². The molecule has 1 nitrogen and oxygen atoms in total. The molecule has 0 aliphatic carbocycles. The van der Waals surface area contributed by atoms with E-state index < -0.39 is 0 Å². The minimum absolute atomic E-state index is 0.990. The second-order valence-electron chi connectivity index (χ2n) is 3.55. The van der Waals surface area contributed by atoms with Gasteiger partial charge in [0, 0.05) is 11.4 Å². The summed E-state index contributed by atoms with van der Waals surface area (Å²) in [6.07, 6.45) is 1.07. The average molecular weight is 229 g/mol. The maximum Gasteiger partial charge on any atom is 0.0228 e. The minimum Gasteiger partial charge on any atom is -0.260 e. The van der Waals surface area contributed by atoms with E-state index in [0.29, 0.717) is 0 Å². The third-order valence-electron chi connectivity index (χ3n) is 2.29. The van der Waals surface area contributed by atoms with Gasteiger partial charge < -0.3 is 0 Å². The van der Waals surface area contributed by atoms with Gasteiger partial charge in [-0.3, -0.25) is 4.72 Å². The molecule has 82 valence electrons. The van der Waals surface area contributed by atoms with Crippen molar-refractivity contribution in [3.05, 3.63) is 66.2 Å². The van der Waals surface area contributed by atoms with E-state index in [1.165, 1.54) is 10.5 Å². The lowest BCUT2D eigenvalue weighted by Gasteiger charge is -2.03. The van der Waals surface area contributed by atoms with Gasteiger partial charge in [0.25, 0.3) is 0 Å². The Hall–Kier alpha value is -1.25. The van der Waals surface area contributed by atoms with Crippen LogP contribution in [0, 0.1) is 0 Å². The standard InChI is InChI=1S/C14H15NS/c1-3-7-13(8-4-1)11-12-15-16-14-9-5-2-6-10-14/h1-10,15H,11-12H2. The Morgan fingerprint density at radius 2 is 1.44 bits per heavy atom. The van der Waals surface area contributed by atoms with Gasteiger partial charge in [-0.2, -0.15) is 0 Å². The largest absolute Gasteiger partial charge is 0.260 e. The van der Waals surface area contributed by atoms with Crippen molar-refractivity contribution < 1.29 is 0 Å². The third-order valence-corrected chi connectivity index (χ3v) is 3.15. The lowest BCUT2D eigenvalue weighted by molar-refractivity contribution is 0.907. The monoisotopic (exact) mass is 229 g/mol. The van der Waals surface area contributed by atoms with Crippen LogP contribution in [0.4, 0.5) is 0 Å². The fraction of sp³-hybridized carbons (Fsp3) is 0.143. The Balaban J connectivity index is 1.70. The van der Waals surface area contributed by atoms with Gasteiger partial charge in [-0.1, -0.05) is 48.5 Å². The van der Waals surface area contributed by atoms with E-state index in [1.54, 1.807) is 11.9 Å². The van der Waals surface area contributed by atoms with Crippen LogP contribution in [0.25, 0.3) is 0 Å². The molecule has 2 aromatic rings. The zero-order chi connectivity index (χ0) is 11.1. The van der Waals surface area contributed by atoms with Crippen molar-refractivity contribution in [2.24, 2.45) is 0 Å². The molecule has 0 amide bonds. The SMILES string of the molecule is c1ccc(CCNSc2ccccc2)cc1. The van der Waals surface area contributed by atoms with E-state index in [0.717, 1.165) is 13.0 Å². The van der Waals surface area contributed by atoms with Crippen LogP contribution >= 0.6 is 11.9 Å². The fourth-order valence-electron chi connectivity index (χ4n) is 1.46. The van der Waals surface area contributed by atoms with Crippen LogP contribution in [0.3, 0.4) is 0 Å². The molecular formula is C14H15NS. The van der Waals surface area contributed by atoms with Gasteiger partial charge in [0.1, 0.15) is 0 Å². The van der Waals surface area contributed by atoms with Crippen LogP contribution in [0.5, 0.6) is 0 Å². The van der Waals surface area contributed by atoms with Crippen LogP contribution in [0.2, 0.25) is 0 Å². The predicted molar refractivity (Wildman–Crippen MR) is 70.4 cm³/mol. The molecule has 0 saturated heterocycles. The first kappa shape index (κ1) is 11.2. The Morgan fingerprint density at radius 1 is 0.812 bits per heavy atom. The molecule has 0 heterocycles. The van der Waals surface area contributed by atoms with Gasteiger partial charge in [0.05, 0.1) is 0 Å². The van der Waals surface area contributed by atoms with Crippen LogP contribution in [0.15, 0.2) is 65.6 Å². The molecule has 2 aromatic carbocycles. The van der Waals surface area contributed by atoms with Gasteiger partial charge in [-0.15, -0.1) is 0 Å². The van der Waals surface area contributed by atoms with Crippen LogP contribution < -0.4 is 4.72 Å². The second-order valence-corrected chi connectivity index (χ2v) is 4.51. The summed E-state index contributed by atoms with van der Waals surface area (Å²) in [5.74, 6) is 0. The lowest BCUT2D eigenvalue weighted by atomic mass is 10.2.